The number of nitrogens with zero attached hydrogens (tertiary/aromatic N) is 1. The zero-order valence-electron chi connectivity index (χ0n) is 10.6. The number of rotatable bonds is 5. The van der Waals surface area contributed by atoms with E-state index in [0.717, 1.165) is 5.56 Å². The Balaban J connectivity index is 2.09. The number of non-ortho nitro benzene ring substituents is 1. The van der Waals surface area contributed by atoms with E-state index in [1.807, 2.05) is 12.1 Å². The Morgan fingerprint density at radius 2 is 1.85 bits per heavy atom. The highest BCUT2D eigenvalue weighted by Gasteiger charge is 2.07. The van der Waals surface area contributed by atoms with Crippen LogP contribution in [0.1, 0.15) is 11.1 Å². The van der Waals surface area contributed by atoms with Crippen LogP contribution in [0, 0.1) is 15.5 Å². The lowest BCUT2D eigenvalue weighted by Gasteiger charge is -2.09. The van der Waals surface area contributed by atoms with Gasteiger partial charge in [-0.1, -0.05) is 24.3 Å². The Labute approximate surface area is 115 Å². The summed E-state index contributed by atoms with van der Waals surface area (Å²) < 4.78 is 5.54. The molecule has 102 valence electrons. The predicted octanol–water partition coefficient (Wildman–Crippen LogP) is 2.46. The Morgan fingerprint density at radius 3 is 2.45 bits per heavy atom. The number of nitro groups is 1. The third-order valence-electron chi connectivity index (χ3n) is 2.75. The van der Waals surface area contributed by atoms with Crippen LogP contribution >= 0.6 is 0 Å². The molecule has 0 aliphatic carbocycles. The van der Waals surface area contributed by atoms with Gasteiger partial charge in [0.05, 0.1) is 4.92 Å². The maximum atomic E-state index is 10.5. The first-order chi connectivity index (χ1) is 9.58. The summed E-state index contributed by atoms with van der Waals surface area (Å²) in [7, 11) is 0. The van der Waals surface area contributed by atoms with Crippen molar-refractivity contribution in [2.75, 3.05) is 0 Å². The standard InChI is InChI=1S/C14H13N3O3/c15-14(16)13-4-2-1-3-10(13)9-20-12-7-5-11(6-8-12)17(18)19/h1-8H,9H2,(H3,15,16). The molecule has 2 aromatic carbocycles. The summed E-state index contributed by atoms with van der Waals surface area (Å²) in [6, 6.07) is 13.0. The Hall–Kier alpha value is -2.89. The number of nitrogen functional groups attached to an aromatic ring is 1. The molecular weight excluding hydrogens is 258 g/mol. The molecule has 0 aromatic heterocycles. The van der Waals surface area contributed by atoms with E-state index >= 15 is 0 Å². The summed E-state index contributed by atoms with van der Waals surface area (Å²) >= 11 is 0. The molecule has 6 nitrogen and oxygen atoms in total. The SMILES string of the molecule is N=C(N)c1ccccc1COc1ccc([N+](=O)[O-])cc1. The fraction of sp³-hybridized carbons (Fsp3) is 0.0714. The van der Waals surface area contributed by atoms with Crippen molar-refractivity contribution in [3.63, 3.8) is 0 Å². The van der Waals surface area contributed by atoms with Crippen molar-refractivity contribution in [2.24, 2.45) is 5.73 Å². The Bertz CT molecular complexity index is 638. The molecule has 0 heterocycles. The van der Waals surface area contributed by atoms with Gasteiger partial charge < -0.3 is 10.5 Å². The lowest BCUT2D eigenvalue weighted by Crippen LogP contribution is -2.14. The van der Waals surface area contributed by atoms with Crippen LogP contribution in [0.3, 0.4) is 0 Å². The molecule has 2 aromatic rings. The minimum atomic E-state index is -0.463. The molecule has 3 N–H and O–H groups in total. The maximum Gasteiger partial charge on any atom is 0.269 e. The molecule has 0 fully saturated rings. The van der Waals surface area contributed by atoms with Crippen molar-refractivity contribution in [1.29, 1.82) is 5.41 Å². The molecule has 6 heteroatoms. The van der Waals surface area contributed by atoms with Gasteiger partial charge in [0.1, 0.15) is 18.2 Å². The highest BCUT2D eigenvalue weighted by Crippen LogP contribution is 2.19. The van der Waals surface area contributed by atoms with E-state index in [1.165, 1.54) is 24.3 Å². The average molecular weight is 271 g/mol. The number of hydrogen-bond acceptors (Lipinski definition) is 4. The van der Waals surface area contributed by atoms with Gasteiger partial charge in [-0.15, -0.1) is 0 Å². The largest absolute Gasteiger partial charge is 0.489 e. The molecule has 0 bridgehead atoms. The fourth-order valence-electron chi connectivity index (χ4n) is 1.73. The molecule has 2 rings (SSSR count). The van der Waals surface area contributed by atoms with Crippen LogP contribution in [0.2, 0.25) is 0 Å². The average Bonchev–Trinajstić information content (AvgIpc) is 2.45. The summed E-state index contributed by atoms with van der Waals surface area (Å²) in [5.74, 6) is 0.502. The van der Waals surface area contributed by atoms with E-state index in [0.29, 0.717) is 11.3 Å². The van der Waals surface area contributed by atoms with Gasteiger partial charge in [0, 0.05) is 23.3 Å². The number of nitrogens with one attached hydrogen (secondary N) is 1. The number of amidine groups is 1. The second-order valence-electron chi connectivity index (χ2n) is 4.11. The molecule has 0 saturated carbocycles. The highest BCUT2D eigenvalue weighted by molar-refractivity contribution is 5.96. The first-order valence-electron chi connectivity index (χ1n) is 5.87. The second-order valence-corrected chi connectivity index (χ2v) is 4.11. The van der Waals surface area contributed by atoms with Gasteiger partial charge >= 0.3 is 0 Å². The molecule has 0 amide bonds. The van der Waals surface area contributed by atoms with Crippen molar-refractivity contribution in [2.45, 2.75) is 6.61 Å². The minimum Gasteiger partial charge on any atom is -0.489 e. The number of nitro benzene ring substituents is 1. The summed E-state index contributed by atoms with van der Waals surface area (Å²) in [5.41, 5.74) is 6.91. The molecule has 0 atom stereocenters. The quantitative estimate of drug-likeness (QED) is 0.377. The van der Waals surface area contributed by atoms with Crippen LogP contribution in [0.5, 0.6) is 5.75 Å². The maximum absolute atomic E-state index is 10.5. The van der Waals surface area contributed by atoms with E-state index in [2.05, 4.69) is 0 Å². The smallest absolute Gasteiger partial charge is 0.269 e. The van der Waals surface area contributed by atoms with E-state index in [9.17, 15) is 10.1 Å². The van der Waals surface area contributed by atoms with Crippen molar-refractivity contribution in [1.82, 2.24) is 0 Å². The normalized spacial score (nSPS) is 10.0. The zero-order chi connectivity index (χ0) is 14.5. The van der Waals surface area contributed by atoms with E-state index in [-0.39, 0.29) is 18.1 Å². The van der Waals surface area contributed by atoms with Gasteiger partial charge in [-0.25, -0.2) is 0 Å². The molecule has 0 aliphatic rings. The molecule has 0 spiro atoms. The fourth-order valence-corrected chi connectivity index (χ4v) is 1.73. The molecule has 0 aliphatic heterocycles. The van der Waals surface area contributed by atoms with Gasteiger partial charge in [-0.3, -0.25) is 15.5 Å². The molecule has 0 saturated heterocycles. The lowest BCUT2D eigenvalue weighted by atomic mass is 10.1. The molecule has 0 radical (unpaired) electrons. The lowest BCUT2D eigenvalue weighted by molar-refractivity contribution is -0.384. The van der Waals surface area contributed by atoms with Gasteiger partial charge in [-0.2, -0.15) is 0 Å². The second kappa shape index (κ2) is 5.83. The van der Waals surface area contributed by atoms with E-state index in [4.69, 9.17) is 15.9 Å². The van der Waals surface area contributed by atoms with E-state index < -0.39 is 4.92 Å². The number of benzene rings is 2. The third kappa shape index (κ3) is 3.11. The van der Waals surface area contributed by atoms with Crippen LogP contribution < -0.4 is 10.5 Å². The van der Waals surface area contributed by atoms with Gasteiger partial charge in [0.15, 0.2) is 0 Å². The summed E-state index contributed by atoms with van der Waals surface area (Å²) in [6.45, 7) is 0.244. The molecular formula is C14H13N3O3. The highest BCUT2D eigenvalue weighted by atomic mass is 16.6. The number of nitrogens with two attached hydrogens (primary N) is 1. The zero-order valence-corrected chi connectivity index (χ0v) is 10.6. The number of hydrogen-bond donors (Lipinski definition) is 2. The van der Waals surface area contributed by atoms with Gasteiger partial charge in [0.2, 0.25) is 0 Å². The molecule has 0 unspecified atom stereocenters. The van der Waals surface area contributed by atoms with Crippen LogP contribution in [-0.4, -0.2) is 10.8 Å². The summed E-state index contributed by atoms with van der Waals surface area (Å²) in [5, 5.41) is 18.0. The predicted molar refractivity (Wildman–Crippen MR) is 74.9 cm³/mol. The summed E-state index contributed by atoms with van der Waals surface area (Å²) in [6.07, 6.45) is 0. The monoisotopic (exact) mass is 271 g/mol. The first-order valence-corrected chi connectivity index (χ1v) is 5.87. The third-order valence-corrected chi connectivity index (χ3v) is 2.75. The van der Waals surface area contributed by atoms with Crippen molar-refractivity contribution >= 4 is 11.5 Å². The summed E-state index contributed by atoms with van der Waals surface area (Å²) in [4.78, 5) is 10.1. The Kier molecular flexibility index (Phi) is 3.95. The Morgan fingerprint density at radius 1 is 1.20 bits per heavy atom. The van der Waals surface area contributed by atoms with Gasteiger partial charge in [-0.05, 0) is 12.1 Å². The first kappa shape index (κ1) is 13.5. The topological polar surface area (TPSA) is 102 Å². The van der Waals surface area contributed by atoms with Crippen LogP contribution in [0.4, 0.5) is 5.69 Å². The molecule has 20 heavy (non-hydrogen) atoms. The minimum absolute atomic E-state index is 0.0153. The number of ether oxygens (including phenoxy) is 1. The van der Waals surface area contributed by atoms with Crippen LogP contribution in [0.15, 0.2) is 48.5 Å². The van der Waals surface area contributed by atoms with Crippen molar-refractivity contribution < 1.29 is 9.66 Å². The van der Waals surface area contributed by atoms with E-state index in [1.54, 1.807) is 12.1 Å². The van der Waals surface area contributed by atoms with Gasteiger partial charge in [0.25, 0.3) is 5.69 Å². The van der Waals surface area contributed by atoms with Crippen LogP contribution in [-0.2, 0) is 6.61 Å². The van der Waals surface area contributed by atoms with Crippen molar-refractivity contribution in [3.8, 4) is 5.75 Å². The van der Waals surface area contributed by atoms with Crippen molar-refractivity contribution in [3.05, 3.63) is 69.8 Å². The van der Waals surface area contributed by atoms with Crippen LogP contribution in [0.25, 0.3) is 0 Å².